The highest BCUT2D eigenvalue weighted by molar-refractivity contribution is 5.95. The second-order valence-corrected chi connectivity index (χ2v) is 11.3. The van der Waals surface area contributed by atoms with E-state index in [2.05, 4.69) is 16.0 Å². The predicted octanol–water partition coefficient (Wildman–Crippen LogP) is 2.44. The van der Waals surface area contributed by atoms with Crippen LogP contribution < -0.4 is 16.0 Å². The normalized spacial score (nSPS) is 23.1. The molecule has 230 valence electrons. The third-order valence-corrected chi connectivity index (χ3v) is 8.09. The maximum Gasteiger partial charge on any atom is 0.305 e. The van der Waals surface area contributed by atoms with Crippen LogP contribution in [0.25, 0.3) is 0 Å². The van der Waals surface area contributed by atoms with E-state index in [-0.39, 0.29) is 42.4 Å². The fraction of sp³-hybridized carbons (Fsp3) is 0.485. The molecule has 0 bridgehead atoms. The van der Waals surface area contributed by atoms with Gasteiger partial charge in [-0.2, -0.15) is 0 Å². The first-order valence-corrected chi connectivity index (χ1v) is 15.2. The molecule has 1 unspecified atom stereocenters. The van der Waals surface area contributed by atoms with Gasteiger partial charge in [-0.1, -0.05) is 73.5 Å². The van der Waals surface area contributed by atoms with Crippen molar-refractivity contribution in [2.45, 2.75) is 88.4 Å². The molecule has 2 aliphatic rings. The number of hydrogen-bond donors (Lipinski definition) is 3. The topological polar surface area (TPSA) is 134 Å². The highest BCUT2D eigenvalue weighted by Gasteiger charge is 2.39. The fourth-order valence-electron chi connectivity index (χ4n) is 5.84. The van der Waals surface area contributed by atoms with E-state index in [9.17, 15) is 24.0 Å². The lowest BCUT2D eigenvalue weighted by Crippen LogP contribution is -2.56. The van der Waals surface area contributed by atoms with Crippen LogP contribution in [0.2, 0.25) is 0 Å². The molecular formula is C33H42N4O6. The summed E-state index contributed by atoms with van der Waals surface area (Å²) in [4.78, 5) is 67.6. The monoisotopic (exact) mass is 590 g/mol. The molecule has 10 heteroatoms. The van der Waals surface area contributed by atoms with Gasteiger partial charge in [-0.15, -0.1) is 0 Å². The van der Waals surface area contributed by atoms with Crippen molar-refractivity contribution >= 4 is 29.6 Å². The van der Waals surface area contributed by atoms with Gasteiger partial charge in [0, 0.05) is 31.8 Å². The molecule has 2 aromatic rings. The standard InChI is InChI=1S/C33H42N4O6/c1-43-30(39)18-10-4-9-16-26-31(40)34-25(20-23-12-5-2-6-13-23)22-29(38)35-27(21-24-14-7-3-8-15-24)33(42)37-19-11-17-28(37)32(41)36-26/h2-3,5-8,12-15,25-28H,4,9-11,16-22H2,1H3,(H,34,40)(H,35,38)(H,36,41)/t25-,26?,27-,28+/m0/s1. The van der Waals surface area contributed by atoms with Gasteiger partial charge in [0.15, 0.2) is 0 Å². The van der Waals surface area contributed by atoms with Crippen LogP contribution in [0.4, 0.5) is 0 Å². The summed E-state index contributed by atoms with van der Waals surface area (Å²) >= 11 is 0. The third kappa shape index (κ3) is 9.39. The molecule has 43 heavy (non-hydrogen) atoms. The van der Waals surface area contributed by atoms with Crippen molar-refractivity contribution in [3.63, 3.8) is 0 Å². The van der Waals surface area contributed by atoms with Gasteiger partial charge in [-0.25, -0.2) is 0 Å². The van der Waals surface area contributed by atoms with Crippen molar-refractivity contribution in [1.29, 1.82) is 0 Å². The average molecular weight is 591 g/mol. The number of hydrogen-bond acceptors (Lipinski definition) is 6. The van der Waals surface area contributed by atoms with Gasteiger partial charge < -0.3 is 25.6 Å². The van der Waals surface area contributed by atoms with E-state index in [1.807, 2.05) is 60.7 Å². The van der Waals surface area contributed by atoms with E-state index in [1.54, 1.807) is 4.90 Å². The maximum absolute atomic E-state index is 13.9. The number of carbonyl (C=O) groups excluding carboxylic acids is 5. The molecule has 4 rings (SSSR count). The first-order chi connectivity index (χ1) is 20.8. The maximum atomic E-state index is 13.9. The lowest BCUT2D eigenvalue weighted by molar-refractivity contribution is -0.142. The van der Waals surface area contributed by atoms with E-state index in [0.29, 0.717) is 57.9 Å². The summed E-state index contributed by atoms with van der Waals surface area (Å²) in [5.74, 6) is -1.67. The lowest BCUT2D eigenvalue weighted by atomic mass is 10.0. The van der Waals surface area contributed by atoms with Crippen LogP contribution in [0, 0.1) is 0 Å². The summed E-state index contributed by atoms with van der Waals surface area (Å²) in [7, 11) is 1.35. The molecule has 10 nitrogen and oxygen atoms in total. The van der Waals surface area contributed by atoms with Crippen molar-refractivity contribution in [3.05, 3.63) is 71.8 Å². The van der Waals surface area contributed by atoms with Gasteiger partial charge in [-0.05, 0) is 43.2 Å². The molecule has 0 saturated carbocycles. The minimum Gasteiger partial charge on any atom is -0.469 e. The molecule has 2 aliphatic heterocycles. The zero-order chi connectivity index (χ0) is 30.6. The van der Waals surface area contributed by atoms with Crippen molar-refractivity contribution < 1.29 is 28.7 Å². The Morgan fingerprint density at radius 3 is 2.16 bits per heavy atom. The largest absolute Gasteiger partial charge is 0.469 e. The van der Waals surface area contributed by atoms with Crippen molar-refractivity contribution in [1.82, 2.24) is 20.9 Å². The SMILES string of the molecule is COC(=O)CCCCCC1NC(=O)[C@H]2CCCN2C(=O)[C@H](Cc2ccccc2)NC(=O)C[C@H](Cc2ccccc2)NC1=O. The Kier molecular flexibility index (Phi) is 11.7. The van der Waals surface area contributed by atoms with Gasteiger partial charge in [0.05, 0.1) is 7.11 Å². The Bertz CT molecular complexity index is 1250. The number of carbonyl (C=O) groups is 5. The van der Waals surface area contributed by atoms with Crippen LogP contribution in [0.3, 0.4) is 0 Å². The summed E-state index contributed by atoms with van der Waals surface area (Å²) in [6.07, 6.45) is 4.35. The van der Waals surface area contributed by atoms with Crippen molar-refractivity contribution in [3.8, 4) is 0 Å². The van der Waals surface area contributed by atoms with Crippen molar-refractivity contribution in [2.75, 3.05) is 13.7 Å². The number of nitrogens with zero attached hydrogens (tertiary/aromatic N) is 1. The number of fused-ring (bicyclic) bond motifs is 1. The number of methoxy groups -OCH3 is 1. The minimum atomic E-state index is -0.845. The molecule has 0 aliphatic carbocycles. The number of benzene rings is 2. The highest BCUT2D eigenvalue weighted by atomic mass is 16.5. The van der Waals surface area contributed by atoms with Gasteiger partial charge in [0.1, 0.15) is 18.1 Å². The van der Waals surface area contributed by atoms with Gasteiger partial charge in [-0.3, -0.25) is 24.0 Å². The van der Waals surface area contributed by atoms with Crippen LogP contribution >= 0.6 is 0 Å². The quantitative estimate of drug-likeness (QED) is 0.288. The molecule has 2 fully saturated rings. The smallest absolute Gasteiger partial charge is 0.305 e. The Hall–Kier alpha value is -4.21. The molecule has 4 atom stereocenters. The number of unbranched alkanes of at least 4 members (excludes halogenated alkanes) is 2. The molecule has 4 amide bonds. The summed E-state index contributed by atoms with van der Waals surface area (Å²) in [6, 6.07) is 16.1. The van der Waals surface area contributed by atoms with E-state index in [1.165, 1.54) is 7.11 Å². The molecule has 0 spiro atoms. The molecule has 3 N–H and O–H groups in total. The third-order valence-electron chi connectivity index (χ3n) is 8.09. The first kappa shape index (κ1) is 31.7. The highest BCUT2D eigenvalue weighted by Crippen LogP contribution is 2.21. The summed E-state index contributed by atoms with van der Waals surface area (Å²) in [5, 5.41) is 8.88. The second-order valence-electron chi connectivity index (χ2n) is 11.3. The molecule has 0 radical (unpaired) electrons. The number of nitrogens with one attached hydrogen (secondary N) is 3. The molecule has 2 saturated heterocycles. The van der Waals surface area contributed by atoms with Crippen LogP contribution in [0.15, 0.2) is 60.7 Å². The Morgan fingerprint density at radius 1 is 0.814 bits per heavy atom. The van der Waals surface area contributed by atoms with Crippen LogP contribution in [-0.2, 0) is 41.6 Å². The number of ether oxygens (including phenoxy) is 1. The van der Waals surface area contributed by atoms with Crippen LogP contribution in [0.5, 0.6) is 0 Å². The molecular weight excluding hydrogens is 548 g/mol. The summed E-state index contributed by atoms with van der Waals surface area (Å²) in [6.45, 7) is 0.402. The lowest BCUT2D eigenvalue weighted by Gasteiger charge is -2.29. The van der Waals surface area contributed by atoms with Crippen molar-refractivity contribution in [2.24, 2.45) is 0 Å². The van der Waals surface area contributed by atoms with E-state index < -0.39 is 24.2 Å². The second kappa shape index (κ2) is 15.9. The molecule has 2 heterocycles. The summed E-state index contributed by atoms with van der Waals surface area (Å²) in [5.41, 5.74) is 1.85. The Morgan fingerprint density at radius 2 is 1.49 bits per heavy atom. The molecule has 2 aromatic carbocycles. The first-order valence-electron chi connectivity index (χ1n) is 15.2. The Balaban J connectivity index is 1.58. The fourth-order valence-corrected chi connectivity index (χ4v) is 5.84. The van der Waals surface area contributed by atoms with E-state index in [4.69, 9.17) is 4.74 Å². The van der Waals surface area contributed by atoms with E-state index in [0.717, 1.165) is 11.1 Å². The molecule has 0 aromatic heterocycles. The zero-order valence-corrected chi connectivity index (χ0v) is 24.8. The Labute approximate surface area is 252 Å². The minimum absolute atomic E-state index is 0.0254. The van der Waals surface area contributed by atoms with Gasteiger partial charge in [0.25, 0.3) is 0 Å². The number of rotatable bonds is 10. The number of esters is 1. The predicted molar refractivity (Wildman–Crippen MR) is 161 cm³/mol. The average Bonchev–Trinajstić information content (AvgIpc) is 3.50. The van der Waals surface area contributed by atoms with Gasteiger partial charge >= 0.3 is 5.97 Å². The van der Waals surface area contributed by atoms with E-state index >= 15 is 0 Å². The zero-order valence-electron chi connectivity index (χ0n) is 24.8. The van der Waals surface area contributed by atoms with Crippen LogP contribution in [-0.4, -0.2) is 72.3 Å². The van der Waals surface area contributed by atoms with Gasteiger partial charge in [0.2, 0.25) is 23.6 Å². The summed E-state index contributed by atoms with van der Waals surface area (Å²) < 4.78 is 4.70. The number of amides is 4. The van der Waals surface area contributed by atoms with Crippen LogP contribution in [0.1, 0.15) is 62.5 Å².